The SMILES string of the molecule is CCCCCCCC/C=C/C(CCCCCCCCCCCCCCCCCC)COS(=O)(=O)[O-].[K+]. The van der Waals surface area contributed by atoms with E-state index in [0.717, 1.165) is 19.3 Å². The van der Waals surface area contributed by atoms with Crippen LogP contribution in [0.4, 0.5) is 0 Å². The molecule has 0 aliphatic carbocycles. The van der Waals surface area contributed by atoms with Crippen LogP contribution in [0.5, 0.6) is 0 Å². The van der Waals surface area contributed by atoms with Crippen LogP contribution in [-0.4, -0.2) is 19.6 Å². The largest absolute Gasteiger partial charge is 1.00 e. The van der Waals surface area contributed by atoms with Crippen LogP contribution in [0.1, 0.15) is 168 Å². The van der Waals surface area contributed by atoms with Gasteiger partial charge in [0, 0.05) is 5.92 Å². The molecule has 0 aromatic rings. The van der Waals surface area contributed by atoms with Gasteiger partial charge in [-0.2, -0.15) is 0 Å². The van der Waals surface area contributed by atoms with Crippen LogP contribution in [0.15, 0.2) is 12.2 Å². The first-order chi connectivity index (χ1) is 17.0. The average Bonchev–Trinajstić information content (AvgIpc) is 2.82. The van der Waals surface area contributed by atoms with Crippen molar-refractivity contribution in [1.29, 1.82) is 0 Å². The minimum absolute atomic E-state index is 0. The summed E-state index contributed by atoms with van der Waals surface area (Å²) in [4.78, 5) is 0. The van der Waals surface area contributed by atoms with Crippen LogP contribution in [0, 0.1) is 5.92 Å². The molecule has 36 heavy (non-hydrogen) atoms. The van der Waals surface area contributed by atoms with E-state index >= 15 is 0 Å². The molecule has 1 unspecified atom stereocenters. The van der Waals surface area contributed by atoms with Gasteiger partial charge in [-0.05, 0) is 19.3 Å². The Bertz CT molecular complexity index is 551. The molecule has 0 aliphatic rings. The van der Waals surface area contributed by atoms with Gasteiger partial charge in [0.15, 0.2) is 0 Å². The third-order valence-electron chi connectivity index (χ3n) is 6.99. The van der Waals surface area contributed by atoms with Crippen molar-refractivity contribution in [2.45, 2.75) is 168 Å². The van der Waals surface area contributed by atoms with E-state index < -0.39 is 10.4 Å². The summed E-state index contributed by atoms with van der Waals surface area (Å²) < 4.78 is 37.1. The molecular weight excluding hydrogens is 495 g/mol. The normalized spacial score (nSPS) is 12.8. The van der Waals surface area contributed by atoms with E-state index in [4.69, 9.17) is 0 Å². The molecule has 0 aliphatic heterocycles. The Kier molecular flexibility index (Phi) is 33.7. The maximum Gasteiger partial charge on any atom is 1.00 e. The summed E-state index contributed by atoms with van der Waals surface area (Å²) in [7, 11) is -4.61. The first kappa shape index (κ1) is 39.4. The summed E-state index contributed by atoms with van der Waals surface area (Å²) in [5.74, 6) is 0.0189. The molecule has 0 saturated heterocycles. The standard InChI is InChI=1S/C30H60O4S.K/c1-3-5-7-9-11-13-14-15-16-17-18-19-20-22-24-26-28-30(29-34-35(31,32)33)27-25-23-21-12-10-8-6-4-2;/h25,27,30H,3-24,26,28-29H2,1-2H3,(H,31,32,33);/q;+1/p-1/b27-25+;. The van der Waals surface area contributed by atoms with Crippen molar-refractivity contribution in [1.82, 2.24) is 0 Å². The number of hydrogen-bond acceptors (Lipinski definition) is 4. The Morgan fingerprint density at radius 2 is 0.972 bits per heavy atom. The summed E-state index contributed by atoms with van der Waals surface area (Å²) >= 11 is 0. The molecular formula is C30H59KO4S. The summed E-state index contributed by atoms with van der Waals surface area (Å²) in [6, 6.07) is 0. The van der Waals surface area contributed by atoms with Crippen molar-refractivity contribution >= 4 is 10.4 Å². The van der Waals surface area contributed by atoms with Crippen molar-refractivity contribution < 1.29 is 68.5 Å². The van der Waals surface area contributed by atoms with Gasteiger partial charge in [-0.1, -0.05) is 161 Å². The van der Waals surface area contributed by atoms with Gasteiger partial charge in [0.2, 0.25) is 10.4 Å². The first-order valence-corrected chi connectivity index (χ1v) is 16.6. The molecule has 0 aromatic carbocycles. The Morgan fingerprint density at radius 1 is 0.611 bits per heavy atom. The summed E-state index contributed by atoms with van der Waals surface area (Å²) in [5.41, 5.74) is 0. The van der Waals surface area contributed by atoms with Crippen LogP contribution in [0.3, 0.4) is 0 Å². The van der Waals surface area contributed by atoms with Crippen molar-refractivity contribution in [2.24, 2.45) is 5.92 Å². The third kappa shape index (κ3) is 33.3. The van der Waals surface area contributed by atoms with E-state index in [1.807, 2.05) is 0 Å². The smallest absolute Gasteiger partial charge is 0.726 e. The molecule has 0 spiro atoms. The van der Waals surface area contributed by atoms with Crippen LogP contribution in [-0.2, 0) is 14.6 Å². The van der Waals surface area contributed by atoms with E-state index in [9.17, 15) is 13.0 Å². The van der Waals surface area contributed by atoms with Gasteiger partial charge in [-0.25, -0.2) is 8.42 Å². The minimum Gasteiger partial charge on any atom is -0.726 e. The predicted molar refractivity (Wildman–Crippen MR) is 150 cm³/mol. The van der Waals surface area contributed by atoms with Crippen LogP contribution < -0.4 is 51.4 Å². The zero-order chi connectivity index (χ0) is 25.9. The Labute approximate surface area is 269 Å². The molecule has 0 bridgehead atoms. The van der Waals surface area contributed by atoms with E-state index in [1.54, 1.807) is 0 Å². The minimum atomic E-state index is -4.61. The molecule has 4 nitrogen and oxygen atoms in total. The maximum absolute atomic E-state index is 10.9. The first-order valence-electron chi connectivity index (χ1n) is 15.3. The fourth-order valence-corrected chi connectivity index (χ4v) is 5.03. The quantitative estimate of drug-likeness (QED) is 0.0342. The molecule has 0 N–H and O–H groups in total. The fraction of sp³-hybridized carbons (Fsp3) is 0.933. The second kappa shape index (κ2) is 30.8. The van der Waals surface area contributed by atoms with E-state index in [0.29, 0.717) is 0 Å². The molecule has 0 aromatic heterocycles. The Hall–Kier alpha value is 1.25. The van der Waals surface area contributed by atoms with Crippen molar-refractivity contribution in [3.63, 3.8) is 0 Å². The van der Waals surface area contributed by atoms with Crippen molar-refractivity contribution in [3.05, 3.63) is 12.2 Å². The zero-order valence-corrected chi connectivity index (χ0v) is 28.4. The molecule has 1 atom stereocenters. The molecule has 0 radical (unpaired) electrons. The second-order valence-corrected chi connectivity index (χ2v) is 11.6. The van der Waals surface area contributed by atoms with Gasteiger partial charge >= 0.3 is 51.4 Å². The number of rotatable bonds is 28. The van der Waals surface area contributed by atoms with E-state index in [2.05, 4.69) is 30.2 Å². The average molecular weight is 555 g/mol. The van der Waals surface area contributed by atoms with E-state index in [-0.39, 0.29) is 63.9 Å². The number of hydrogen-bond donors (Lipinski definition) is 0. The molecule has 0 rings (SSSR count). The molecule has 210 valence electrons. The molecule has 6 heteroatoms. The van der Waals surface area contributed by atoms with Crippen LogP contribution in [0.2, 0.25) is 0 Å². The number of unbranched alkanes of at least 4 members (excludes halogenated alkanes) is 21. The van der Waals surface area contributed by atoms with Crippen LogP contribution >= 0.6 is 0 Å². The van der Waals surface area contributed by atoms with Gasteiger partial charge in [0.25, 0.3) is 0 Å². The maximum atomic E-state index is 10.9. The topological polar surface area (TPSA) is 66.4 Å². The van der Waals surface area contributed by atoms with Gasteiger partial charge in [0.1, 0.15) is 0 Å². The second-order valence-electron chi connectivity index (χ2n) is 10.5. The molecule has 0 amide bonds. The van der Waals surface area contributed by atoms with Gasteiger partial charge in [-0.15, -0.1) is 0 Å². The zero-order valence-electron chi connectivity index (χ0n) is 24.5. The number of allylic oxidation sites excluding steroid dienone is 1. The fourth-order valence-electron chi connectivity index (χ4n) is 4.69. The van der Waals surface area contributed by atoms with Crippen molar-refractivity contribution in [3.8, 4) is 0 Å². The molecule has 0 saturated carbocycles. The third-order valence-corrected chi connectivity index (χ3v) is 7.41. The molecule has 0 heterocycles. The Morgan fingerprint density at radius 3 is 1.36 bits per heavy atom. The van der Waals surface area contributed by atoms with Gasteiger partial charge in [-0.3, -0.25) is 4.18 Å². The van der Waals surface area contributed by atoms with Gasteiger partial charge in [0.05, 0.1) is 6.61 Å². The monoisotopic (exact) mass is 554 g/mol. The van der Waals surface area contributed by atoms with Gasteiger partial charge < -0.3 is 4.55 Å². The Balaban J connectivity index is 0. The summed E-state index contributed by atoms with van der Waals surface area (Å²) in [6.45, 7) is 4.49. The van der Waals surface area contributed by atoms with Crippen molar-refractivity contribution in [2.75, 3.05) is 6.61 Å². The molecule has 0 fully saturated rings. The summed E-state index contributed by atoms with van der Waals surface area (Å²) in [6.07, 6.45) is 35.2. The summed E-state index contributed by atoms with van der Waals surface area (Å²) in [5, 5.41) is 0. The predicted octanol–water partition coefficient (Wildman–Crippen LogP) is 7.04. The van der Waals surface area contributed by atoms with Crippen LogP contribution in [0.25, 0.3) is 0 Å². The van der Waals surface area contributed by atoms with E-state index in [1.165, 1.54) is 135 Å².